The molecule has 0 aromatic carbocycles. The van der Waals surface area contributed by atoms with Crippen molar-refractivity contribution < 1.29 is 23.7 Å². The van der Waals surface area contributed by atoms with Crippen LogP contribution in [0.4, 0.5) is 0 Å². The van der Waals surface area contributed by atoms with Crippen molar-refractivity contribution in [1.82, 2.24) is 4.90 Å². The van der Waals surface area contributed by atoms with Gasteiger partial charge < -0.3 is 23.8 Å². The maximum atomic E-state index is 12.6. The molecular formula is C28H49NO5. The number of hydrogen-bond acceptors (Lipinski definition) is 6. The Morgan fingerprint density at radius 1 is 1.24 bits per heavy atom. The maximum absolute atomic E-state index is 12.6. The van der Waals surface area contributed by atoms with E-state index in [0.29, 0.717) is 23.3 Å². The second-order valence-electron chi connectivity index (χ2n) is 11.2. The zero-order valence-corrected chi connectivity index (χ0v) is 23.2. The predicted molar refractivity (Wildman–Crippen MR) is 136 cm³/mol. The summed E-state index contributed by atoms with van der Waals surface area (Å²) < 4.78 is 25.0. The molecule has 34 heavy (non-hydrogen) atoms. The fourth-order valence-electron chi connectivity index (χ4n) is 5.38. The van der Waals surface area contributed by atoms with Gasteiger partial charge in [-0.25, -0.2) is 4.79 Å². The van der Waals surface area contributed by atoms with Crippen LogP contribution < -0.4 is 0 Å². The molecule has 1 unspecified atom stereocenters. The zero-order valence-electron chi connectivity index (χ0n) is 23.2. The SMILES string of the molecule is C=CC[C@@H](C[C@@H](C)CC)[C@H](O[C@@H]1O[C@H](C)CC(N(C)C)[C@H]1C)[C@@H](C)C1=C(C)C(=O)OC(C)(C)O1. The summed E-state index contributed by atoms with van der Waals surface area (Å²) in [5, 5.41) is 0. The highest BCUT2D eigenvalue weighted by molar-refractivity contribution is 5.89. The third-order valence-electron chi connectivity index (χ3n) is 7.54. The molecule has 0 saturated carbocycles. The van der Waals surface area contributed by atoms with E-state index in [0.717, 1.165) is 25.7 Å². The van der Waals surface area contributed by atoms with Crippen LogP contribution in [0.25, 0.3) is 0 Å². The Kier molecular flexibility index (Phi) is 10.2. The molecule has 0 bridgehead atoms. The zero-order chi connectivity index (χ0) is 25.8. The van der Waals surface area contributed by atoms with Crippen molar-refractivity contribution in [2.24, 2.45) is 23.7 Å². The fourth-order valence-corrected chi connectivity index (χ4v) is 5.38. The van der Waals surface area contributed by atoms with Crippen molar-refractivity contribution >= 4 is 5.97 Å². The Hall–Kier alpha value is -1.37. The van der Waals surface area contributed by atoms with E-state index in [1.54, 1.807) is 20.8 Å². The first-order chi connectivity index (χ1) is 15.8. The van der Waals surface area contributed by atoms with E-state index >= 15 is 0 Å². The summed E-state index contributed by atoms with van der Waals surface area (Å²) in [6, 6.07) is 0.373. The normalized spacial score (nSPS) is 30.9. The van der Waals surface area contributed by atoms with Gasteiger partial charge in [0.05, 0.1) is 17.8 Å². The summed E-state index contributed by atoms with van der Waals surface area (Å²) in [7, 11) is 4.25. The Balaban J connectivity index is 2.45. The van der Waals surface area contributed by atoms with Gasteiger partial charge in [-0.05, 0) is 59.0 Å². The van der Waals surface area contributed by atoms with Crippen molar-refractivity contribution in [3.8, 4) is 0 Å². The second-order valence-corrected chi connectivity index (χ2v) is 11.2. The van der Waals surface area contributed by atoms with Gasteiger partial charge in [-0.15, -0.1) is 6.58 Å². The van der Waals surface area contributed by atoms with Crippen LogP contribution in [0.1, 0.15) is 81.1 Å². The summed E-state index contributed by atoms with van der Waals surface area (Å²) in [5.41, 5.74) is 0.512. The van der Waals surface area contributed by atoms with Gasteiger partial charge in [0.25, 0.3) is 0 Å². The highest BCUT2D eigenvalue weighted by Gasteiger charge is 2.44. The molecule has 196 valence electrons. The van der Waals surface area contributed by atoms with Crippen molar-refractivity contribution in [3.63, 3.8) is 0 Å². The lowest BCUT2D eigenvalue weighted by molar-refractivity contribution is -0.264. The Morgan fingerprint density at radius 2 is 1.88 bits per heavy atom. The standard InChI is InChI=1S/C28H49NO5/c1-12-14-22(15-17(3)13-2)25(20(6)24-21(7)26(30)34-28(8,9)33-24)32-27-19(5)23(29(10)11)16-18(4)31-27/h12,17-20,22-23,25,27H,1,13-16H2,2-11H3/t17-,18+,19+,20-,22-,23?,25+,27-/m0/s1. The van der Waals surface area contributed by atoms with Crippen molar-refractivity contribution in [2.45, 2.75) is 111 Å². The molecule has 8 atom stereocenters. The minimum absolute atomic E-state index is 0.109. The van der Waals surface area contributed by atoms with Crippen LogP contribution in [-0.2, 0) is 23.7 Å². The van der Waals surface area contributed by atoms with E-state index in [2.05, 4.69) is 60.2 Å². The molecule has 0 amide bonds. The Bertz CT molecular complexity index is 730. The van der Waals surface area contributed by atoms with E-state index in [9.17, 15) is 4.79 Å². The number of esters is 1. The van der Waals surface area contributed by atoms with Gasteiger partial charge in [-0.2, -0.15) is 0 Å². The van der Waals surface area contributed by atoms with Crippen molar-refractivity contribution in [2.75, 3.05) is 14.1 Å². The number of allylic oxidation sites excluding steroid dienone is 1. The summed E-state index contributed by atoms with van der Waals surface area (Å²) in [6.07, 6.45) is 5.47. The van der Waals surface area contributed by atoms with Crippen LogP contribution in [0.3, 0.4) is 0 Å². The molecule has 0 aromatic rings. The van der Waals surface area contributed by atoms with Crippen LogP contribution >= 0.6 is 0 Å². The first kappa shape index (κ1) is 28.9. The van der Waals surface area contributed by atoms with E-state index in [4.69, 9.17) is 18.9 Å². The first-order valence-corrected chi connectivity index (χ1v) is 13.0. The Labute approximate surface area is 208 Å². The number of hydrogen-bond donors (Lipinski definition) is 0. The molecule has 6 nitrogen and oxygen atoms in total. The van der Waals surface area contributed by atoms with Gasteiger partial charge in [0.1, 0.15) is 5.76 Å². The lowest BCUT2D eigenvalue weighted by atomic mass is 9.80. The van der Waals surface area contributed by atoms with Crippen molar-refractivity contribution in [1.29, 1.82) is 0 Å². The number of carbonyl (C=O) groups is 1. The van der Waals surface area contributed by atoms with Crippen LogP contribution in [0, 0.1) is 23.7 Å². The van der Waals surface area contributed by atoms with Crippen LogP contribution in [0.2, 0.25) is 0 Å². The van der Waals surface area contributed by atoms with Crippen LogP contribution in [-0.4, -0.2) is 55.3 Å². The highest BCUT2D eigenvalue weighted by atomic mass is 16.7. The summed E-state index contributed by atoms with van der Waals surface area (Å²) in [4.78, 5) is 14.9. The van der Waals surface area contributed by atoms with Gasteiger partial charge in [-0.3, -0.25) is 0 Å². The third kappa shape index (κ3) is 7.08. The second kappa shape index (κ2) is 12.0. The number of ether oxygens (including phenoxy) is 4. The molecule has 0 aromatic heterocycles. The van der Waals surface area contributed by atoms with E-state index in [-0.39, 0.29) is 42.2 Å². The van der Waals surface area contributed by atoms with Crippen molar-refractivity contribution in [3.05, 3.63) is 24.0 Å². The molecular weight excluding hydrogens is 430 g/mol. The molecule has 0 aliphatic carbocycles. The summed E-state index contributed by atoms with van der Waals surface area (Å²) >= 11 is 0. The average Bonchev–Trinajstić information content (AvgIpc) is 2.75. The lowest BCUT2D eigenvalue weighted by Gasteiger charge is -2.46. The number of carbonyl (C=O) groups excluding carboxylic acids is 1. The molecule has 2 heterocycles. The van der Waals surface area contributed by atoms with Gasteiger partial charge in [0.15, 0.2) is 6.29 Å². The smallest absolute Gasteiger partial charge is 0.340 e. The molecule has 2 rings (SSSR count). The quantitative estimate of drug-likeness (QED) is 0.271. The largest absolute Gasteiger partial charge is 0.456 e. The minimum Gasteiger partial charge on any atom is -0.456 e. The lowest BCUT2D eigenvalue weighted by Crippen LogP contribution is -2.52. The van der Waals surface area contributed by atoms with Gasteiger partial charge in [0, 0.05) is 31.7 Å². The molecule has 0 spiro atoms. The predicted octanol–water partition coefficient (Wildman–Crippen LogP) is 5.92. The molecule has 2 aliphatic rings. The first-order valence-electron chi connectivity index (χ1n) is 13.0. The number of cyclic esters (lactones) is 1. The summed E-state index contributed by atoms with van der Waals surface area (Å²) in [6.45, 7) is 20.3. The van der Waals surface area contributed by atoms with Gasteiger partial charge >= 0.3 is 5.97 Å². The van der Waals surface area contributed by atoms with E-state index < -0.39 is 5.79 Å². The molecule has 0 N–H and O–H groups in total. The van der Waals surface area contributed by atoms with E-state index in [1.807, 2.05) is 6.08 Å². The minimum atomic E-state index is -1.01. The van der Waals surface area contributed by atoms with Crippen LogP contribution in [0.5, 0.6) is 0 Å². The Morgan fingerprint density at radius 3 is 2.44 bits per heavy atom. The highest BCUT2D eigenvalue weighted by Crippen LogP contribution is 2.40. The maximum Gasteiger partial charge on any atom is 0.340 e. The molecule has 0 radical (unpaired) electrons. The van der Waals surface area contributed by atoms with Crippen LogP contribution in [0.15, 0.2) is 24.0 Å². The van der Waals surface area contributed by atoms with Gasteiger partial charge in [-0.1, -0.05) is 40.2 Å². The fraction of sp³-hybridized carbons (Fsp3) is 0.821. The average molecular weight is 480 g/mol. The topological polar surface area (TPSA) is 57.2 Å². The molecule has 2 aliphatic heterocycles. The third-order valence-corrected chi connectivity index (χ3v) is 7.54. The summed E-state index contributed by atoms with van der Waals surface area (Å²) in [5.74, 6) is 0.148. The molecule has 6 heteroatoms. The number of nitrogens with zero attached hydrogens (tertiary/aromatic N) is 1. The van der Waals surface area contributed by atoms with E-state index in [1.165, 1.54) is 0 Å². The molecule has 1 fully saturated rings. The van der Waals surface area contributed by atoms with Gasteiger partial charge in [0.2, 0.25) is 5.79 Å². The number of rotatable bonds is 11. The molecule has 1 saturated heterocycles. The monoisotopic (exact) mass is 479 g/mol.